The van der Waals surface area contributed by atoms with Gasteiger partial charge in [0.15, 0.2) is 11.5 Å². The zero-order valence-corrected chi connectivity index (χ0v) is 14.1. The summed E-state index contributed by atoms with van der Waals surface area (Å²) in [6.07, 6.45) is 6.03. The molecule has 0 unspecified atom stereocenters. The molecule has 0 saturated heterocycles. The van der Waals surface area contributed by atoms with Crippen molar-refractivity contribution in [3.63, 3.8) is 0 Å². The van der Waals surface area contributed by atoms with Gasteiger partial charge in [0, 0.05) is 38.0 Å². The number of rotatable bonds is 5. The van der Waals surface area contributed by atoms with Crippen LogP contribution in [0.4, 0.5) is 5.82 Å². The minimum atomic E-state index is 0.648. The fraction of sp³-hybridized carbons (Fsp3) is 0.222. The molecule has 0 fully saturated rings. The minimum absolute atomic E-state index is 0.648. The summed E-state index contributed by atoms with van der Waals surface area (Å²) in [5.74, 6) is 3.30. The van der Waals surface area contributed by atoms with Crippen molar-refractivity contribution in [1.29, 1.82) is 0 Å². The predicted octanol–water partition coefficient (Wildman–Crippen LogP) is 2.98. The Morgan fingerprint density at radius 3 is 2.72 bits per heavy atom. The molecular formula is C18H18N6O. The number of fused-ring (bicyclic) bond motifs is 1. The highest BCUT2D eigenvalue weighted by Crippen LogP contribution is 2.24. The van der Waals surface area contributed by atoms with Gasteiger partial charge in [0.2, 0.25) is 0 Å². The van der Waals surface area contributed by atoms with Gasteiger partial charge in [0.05, 0.1) is 11.6 Å². The lowest BCUT2D eigenvalue weighted by molar-refractivity contribution is 0.486. The molecule has 4 rings (SSSR count). The Labute approximate surface area is 144 Å². The number of aryl methyl sites for hydroxylation is 2. The second-order valence-corrected chi connectivity index (χ2v) is 5.83. The fourth-order valence-electron chi connectivity index (χ4n) is 2.71. The first-order chi connectivity index (χ1) is 12.2. The Kier molecular flexibility index (Phi) is 3.89. The van der Waals surface area contributed by atoms with Gasteiger partial charge in [-0.3, -0.25) is 9.67 Å². The number of nitrogens with one attached hydrogen (secondary N) is 1. The quantitative estimate of drug-likeness (QED) is 0.604. The Morgan fingerprint density at radius 1 is 1.12 bits per heavy atom. The molecule has 0 aromatic carbocycles. The molecule has 0 aliphatic heterocycles. The molecule has 4 heterocycles. The SMILES string of the molecule is Cc1ccc(CCNc2nc(-c3ccncc3)nc3c2cnn3C)o1. The average Bonchev–Trinajstić information content (AvgIpc) is 3.22. The van der Waals surface area contributed by atoms with Gasteiger partial charge >= 0.3 is 0 Å². The van der Waals surface area contributed by atoms with Crippen molar-refractivity contribution < 1.29 is 4.42 Å². The van der Waals surface area contributed by atoms with E-state index in [4.69, 9.17) is 4.42 Å². The fourth-order valence-corrected chi connectivity index (χ4v) is 2.71. The highest BCUT2D eigenvalue weighted by atomic mass is 16.3. The Balaban J connectivity index is 1.64. The summed E-state index contributed by atoms with van der Waals surface area (Å²) >= 11 is 0. The first-order valence-electron chi connectivity index (χ1n) is 8.10. The van der Waals surface area contributed by atoms with E-state index in [1.54, 1.807) is 23.3 Å². The van der Waals surface area contributed by atoms with Gasteiger partial charge in [-0.15, -0.1) is 0 Å². The molecule has 0 radical (unpaired) electrons. The largest absolute Gasteiger partial charge is 0.466 e. The van der Waals surface area contributed by atoms with Crippen LogP contribution < -0.4 is 5.32 Å². The molecule has 7 nitrogen and oxygen atoms in total. The van der Waals surface area contributed by atoms with Crippen LogP contribution in [0, 0.1) is 6.92 Å². The van der Waals surface area contributed by atoms with Gasteiger partial charge < -0.3 is 9.73 Å². The molecule has 0 aliphatic carbocycles. The number of hydrogen-bond donors (Lipinski definition) is 1. The van der Waals surface area contributed by atoms with E-state index in [0.717, 1.165) is 40.4 Å². The number of anilines is 1. The highest BCUT2D eigenvalue weighted by molar-refractivity contribution is 5.88. The summed E-state index contributed by atoms with van der Waals surface area (Å²) < 4.78 is 7.36. The molecule has 4 aromatic heterocycles. The molecule has 0 amide bonds. The molecule has 0 spiro atoms. The molecule has 126 valence electrons. The molecule has 4 aromatic rings. The van der Waals surface area contributed by atoms with Crippen molar-refractivity contribution in [2.75, 3.05) is 11.9 Å². The Hall–Kier alpha value is -3.22. The van der Waals surface area contributed by atoms with E-state index in [0.29, 0.717) is 12.4 Å². The predicted molar refractivity (Wildman–Crippen MR) is 95.2 cm³/mol. The van der Waals surface area contributed by atoms with Crippen LogP contribution in [-0.4, -0.2) is 31.3 Å². The van der Waals surface area contributed by atoms with Crippen LogP contribution in [0.25, 0.3) is 22.4 Å². The second-order valence-electron chi connectivity index (χ2n) is 5.83. The lowest BCUT2D eigenvalue weighted by Gasteiger charge is -2.08. The molecule has 25 heavy (non-hydrogen) atoms. The maximum atomic E-state index is 5.61. The van der Waals surface area contributed by atoms with E-state index in [1.165, 1.54) is 0 Å². The van der Waals surface area contributed by atoms with Gasteiger partial charge in [0.1, 0.15) is 17.3 Å². The first-order valence-corrected chi connectivity index (χ1v) is 8.10. The van der Waals surface area contributed by atoms with Crippen molar-refractivity contribution in [3.8, 4) is 11.4 Å². The molecule has 0 bridgehead atoms. The molecular weight excluding hydrogens is 316 g/mol. The molecule has 7 heteroatoms. The van der Waals surface area contributed by atoms with E-state index >= 15 is 0 Å². The lowest BCUT2D eigenvalue weighted by atomic mass is 10.2. The third-order valence-electron chi connectivity index (χ3n) is 3.99. The molecule has 0 atom stereocenters. The van der Waals surface area contributed by atoms with Crippen LogP contribution in [0.5, 0.6) is 0 Å². The van der Waals surface area contributed by atoms with Crippen molar-refractivity contribution in [1.82, 2.24) is 24.7 Å². The van der Waals surface area contributed by atoms with Crippen LogP contribution in [0.1, 0.15) is 11.5 Å². The second kappa shape index (κ2) is 6.35. The maximum Gasteiger partial charge on any atom is 0.164 e. The first kappa shape index (κ1) is 15.3. The number of aromatic nitrogens is 5. The number of furan rings is 1. The van der Waals surface area contributed by atoms with Crippen LogP contribution >= 0.6 is 0 Å². The van der Waals surface area contributed by atoms with Gasteiger partial charge in [-0.05, 0) is 31.2 Å². The number of hydrogen-bond acceptors (Lipinski definition) is 6. The molecule has 0 aliphatic rings. The van der Waals surface area contributed by atoms with Crippen molar-refractivity contribution in [2.45, 2.75) is 13.3 Å². The van der Waals surface area contributed by atoms with Crippen LogP contribution in [0.3, 0.4) is 0 Å². The molecule has 1 N–H and O–H groups in total. The van der Waals surface area contributed by atoms with Crippen molar-refractivity contribution in [2.24, 2.45) is 7.05 Å². The van der Waals surface area contributed by atoms with Crippen molar-refractivity contribution >= 4 is 16.9 Å². The maximum absolute atomic E-state index is 5.61. The third-order valence-corrected chi connectivity index (χ3v) is 3.99. The van der Waals surface area contributed by atoms with E-state index < -0.39 is 0 Å². The van der Waals surface area contributed by atoms with Crippen molar-refractivity contribution in [3.05, 3.63) is 54.4 Å². The van der Waals surface area contributed by atoms with Crippen LogP contribution in [0.15, 0.2) is 47.3 Å². The third kappa shape index (κ3) is 3.08. The Bertz CT molecular complexity index is 1010. The van der Waals surface area contributed by atoms with Gasteiger partial charge in [0.25, 0.3) is 0 Å². The monoisotopic (exact) mass is 334 g/mol. The standard InChI is InChI=1S/C18H18N6O/c1-12-3-4-14(25-12)7-10-20-17-15-11-21-24(2)18(15)23-16(22-17)13-5-8-19-9-6-13/h3-6,8-9,11H,7,10H2,1-2H3,(H,20,22,23). The van der Waals surface area contributed by atoms with Gasteiger partial charge in [-0.2, -0.15) is 5.10 Å². The zero-order valence-electron chi connectivity index (χ0n) is 14.1. The summed E-state index contributed by atoms with van der Waals surface area (Å²) in [6.45, 7) is 2.66. The van der Waals surface area contributed by atoms with E-state index in [2.05, 4.69) is 25.4 Å². The summed E-state index contributed by atoms with van der Waals surface area (Å²) in [4.78, 5) is 13.4. The summed E-state index contributed by atoms with van der Waals surface area (Å²) in [5, 5.41) is 8.59. The van der Waals surface area contributed by atoms with Gasteiger partial charge in [-0.25, -0.2) is 9.97 Å². The topological polar surface area (TPSA) is 81.7 Å². The number of nitrogens with zero attached hydrogens (tertiary/aromatic N) is 5. The van der Waals surface area contributed by atoms with E-state index in [9.17, 15) is 0 Å². The summed E-state index contributed by atoms with van der Waals surface area (Å²) in [6, 6.07) is 7.76. The molecule has 0 saturated carbocycles. The summed E-state index contributed by atoms with van der Waals surface area (Å²) in [7, 11) is 1.88. The number of pyridine rings is 1. The zero-order chi connectivity index (χ0) is 17.2. The highest BCUT2D eigenvalue weighted by Gasteiger charge is 2.12. The van der Waals surface area contributed by atoms with E-state index in [1.807, 2.05) is 38.2 Å². The summed E-state index contributed by atoms with van der Waals surface area (Å²) in [5.41, 5.74) is 1.71. The van der Waals surface area contributed by atoms with Gasteiger partial charge in [-0.1, -0.05) is 0 Å². The Morgan fingerprint density at radius 2 is 1.96 bits per heavy atom. The van der Waals surface area contributed by atoms with Crippen LogP contribution in [0.2, 0.25) is 0 Å². The normalized spacial score (nSPS) is 11.1. The minimum Gasteiger partial charge on any atom is -0.466 e. The lowest BCUT2D eigenvalue weighted by Crippen LogP contribution is -2.08. The average molecular weight is 334 g/mol. The smallest absolute Gasteiger partial charge is 0.164 e. The van der Waals surface area contributed by atoms with E-state index in [-0.39, 0.29) is 0 Å². The van der Waals surface area contributed by atoms with Crippen LogP contribution in [-0.2, 0) is 13.5 Å².